The molecule has 4 nitrogen and oxygen atoms in total. The quantitative estimate of drug-likeness (QED) is 0.929. The number of hydrogen-bond donors (Lipinski definition) is 1. The zero-order valence-corrected chi connectivity index (χ0v) is 13.1. The van der Waals surface area contributed by atoms with Gasteiger partial charge in [-0.2, -0.15) is 0 Å². The highest BCUT2D eigenvalue weighted by Crippen LogP contribution is 2.47. The molecule has 0 bridgehead atoms. The van der Waals surface area contributed by atoms with Gasteiger partial charge < -0.3 is 19.5 Å². The van der Waals surface area contributed by atoms with Gasteiger partial charge >= 0.3 is 0 Å². The Labute approximate surface area is 126 Å². The van der Waals surface area contributed by atoms with Crippen molar-refractivity contribution in [1.82, 2.24) is 5.32 Å². The van der Waals surface area contributed by atoms with E-state index in [2.05, 4.69) is 11.4 Å². The Hall–Kier alpha value is -1.26. The van der Waals surface area contributed by atoms with Crippen molar-refractivity contribution in [2.45, 2.75) is 49.9 Å². The van der Waals surface area contributed by atoms with Crippen LogP contribution in [0.1, 0.15) is 43.7 Å². The van der Waals surface area contributed by atoms with Crippen LogP contribution in [0.2, 0.25) is 0 Å². The zero-order valence-electron chi connectivity index (χ0n) is 13.1. The summed E-state index contributed by atoms with van der Waals surface area (Å²) in [5, 5.41) is 3.44. The lowest BCUT2D eigenvalue weighted by Gasteiger charge is -2.46. The van der Waals surface area contributed by atoms with E-state index in [0.717, 1.165) is 43.6 Å². The fourth-order valence-electron chi connectivity index (χ4n) is 3.78. The Balaban J connectivity index is 1.92. The van der Waals surface area contributed by atoms with Crippen molar-refractivity contribution in [3.63, 3.8) is 0 Å². The predicted octanol–water partition coefficient (Wildman–Crippen LogP) is 3.07. The van der Waals surface area contributed by atoms with Gasteiger partial charge in [-0.25, -0.2) is 0 Å². The fraction of sp³-hybridized carbons (Fsp3) is 0.647. The highest BCUT2D eigenvalue weighted by Gasteiger charge is 2.44. The standard InChI is InChI=1S/C17H25NO3/c1-18-15-11-17(8-4-5-13(10-17)20-3)21-16-9-12(19-2)6-7-14(15)16/h6-7,9,13,15,18H,4-5,8,10-11H2,1-3H3. The van der Waals surface area contributed by atoms with Crippen molar-refractivity contribution in [2.75, 3.05) is 21.3 Å². The molecule has 116 valence electrons. The van der Waals surface area contributed by atoms with E-state index < -0.39 is 0 Å². The van der Waals surface area contributed by atoms with E-state index in [1.165, 1.54) is 5.56 Å². The van der Waals surface area contributed by atoms with Crippen molar-refractivity contribution in [1.29, 1.82) is 0 Å². The third-order valence-electron chi connectivity index (χ3n) is 4.94. The van der Waals surface area contributed by atoms with Gasteiger partial charge in [-0.05, 0) is 32.4 Å². The summed E-state index contributed by atoms with van der Waals surface area (Å²) in [6, 6.07) is 6.45. The third-order valence-corrected chi connectivity index (χ3v) is 4.94. The number of nitrogens with one attached hydrogen (secondary N) is 1. The van der Waals surface area contributed by atoms with Gasteiger partial charge in [-0.3, -0.25) is 0 Å². The first kappa shape index (κ1) is 14.7. The molecule has 0 amide bonds. The van der Waals surface area contributed by atoms with Crippen LogP contribution in [-0.2, 0) is 4.74 Å². The molecule has 0 aromatic heterocycles. The molecule has 0 radical (unpaired) electrons. The number of methoxy groups -OCH3 is 2. The van der Waals surface area contributed by atoms with Crippen LogP contribution in [0, 0.1) is 0 Å². The first-order valence-corrected chi connectivity index (χ1v) is 7.77. The van der Waals surface area contributed by atoms with E-state index in [9.17, 15) is 0 Å². The van der Waals surface area contributed by atoms with Crippen molar-refractivity contribution in [3.8, 4) is 11.5 Å². The van der Waals surface area contributed by atoms with Crippen LogP contribution in [0.15, 0.2) is 18.2 Å². The summed E-state index contributed by atoms with van der Waals surface area (Å²) in [4.78, 5) is 0. The fourth-order valence-corrected chi connectivity index (χ4v) is 3.78. The summed E-state index contributed by atoms with van der Waals surface area (Å²) in [5.74, 6) is 1.80. The molecule has 4 heteroatoms. The molecule has 0 saturated heterocycles. The van der Waals surface area contributed by atoms with Gasteiger partial charge in [0.1, 0.15) is 17.1 Å². The molecular formula is C17H25NO3. The number of rotatable bonds is 3. The summed E-state index contributed by atoms with van der Waals surface area (Å²) >= 11 is 0. The molecule has 2 aliphatic rings. The second-order valence-electron chi connectivity index (χ2n) is 6.19. The Bertz CT molecular complexity index is 505. The minimum absolute atomic E-state index is 0.105. The van der Waals surface area contributed by atoms with Gasteiger partial charge in [0.15, 0.2) is 0 Å². The molecule has 1 heterocycles. The Kier molecular flexibility index (Phi) is 4.09. The van der Waals surface area contributed by atoms with Gasteiger partial charge in [-0.15, -0.1) is 0 Å². The van der Waals surface area contributed by atoms with Gasteiger partial charge in [0.05, 0.1) is 13.2 Å². The first-order valence-electron chi connectivity index (χ1n) is 7.77. The number of hydrogen-bond acceptors (Lipinski definition) is 4. The van der Waals surface area contributed by atoms with E-state index in [-0.39, 0.29) is 5.60 Å². The summed E-state index contributed by atoms with van der Waals surface area (Å²) in [5.41, 5.74) is 1.12. The smallest absolute Gasteiger partial charge is 0.128 e. The van der Waals surface area contributed by atoms with E-state index in [0.29, 0.717) is 12.1 Å². The first-order chi connectivity index (χ1) is 10.2. The van der Waals surface area contributed by atoms with Gasteiger partial charge in [0.2, 0.25) is 0 Å². The summed E-state index contributed by atoms with van der Waals surface area (Å²) in [6.07, 6.45) is 5.68. The monoisotopic (exact) mass is 291 g/mol. The second kappa shape index (κ2) is 5.85. The van der Waals surface area contributed by atoms with Crippen molar-refractivity contribution in [3.05, 3.63) is 23.8 Å². The molecule has 3 unspecified atom stereocenters. The Morgan fingerprint density at radius 2 is 2.14 bits per heavy atom. The van der Waals surface area contributed by atoms with Gasteiger partial charge in [0, 0.05) is 37.6 Å². The van der Waals surface area contributed by atoms with Crippen LogP contribution in [-0.4, -0.2) is 33.0 Å². The molecule has 1 spiro atoms. The molecule has 1 saturated carbocycles. The molecule has 1 aromatic rings. The highest BCUT2D eigenvalue weighted by molar-refractivity contribution is 5.44. The maximum absolute atomic E-state index is 6.47. The highest BCUT2D eigenvalue weighted by atomic mass is 16.5. The molecule has 21 heavy (non-hydrogen) atoms. The minimum atomic E-state index is -0.105. The number of fused-ring (bicyclic) bond motifs is 1. The van der Waals surface area contributed by atoms with Crippen LogP contribution >= 0.6 is 0 Å². The molecule has 1 fully saturated rings. The summed E-state index contributed by atoms with van der Waals surface area (Å²) < 4.78 is 17.4. The average Bonchev–Trinajstić information content (AvgIpc) is 2.53. The molecule has 3 atom stereocenters. The Morgan fingerprint density at radius 3 is 2.86 bits per heavy atom. The SMILES string of the molecule is CNC1CC2(CCCC(OC)C2)Oc2cc(OC)ccc21. The molecule has 1 N–H and O–H groups in total. The second-order valence-corrected chi connectivity index (χ2v) is 6.19. The van der Waals surface area contributed by atoms with E-state index in [1.807, 2.05) is 19.2 Å². The van der Waals surface area contributed by atoms with Gasteiger partial charge in [0.25, 0.3) is 0 Å². The van der Waals surface area contributed by atoms with Gasteiger partial charge in [-0.1, -0.05) is 6.07 Å². The number of benzene rings is 1. The van der Waals surface area contributed by atoms with Crippen molar-refractivity contribution < 1.29 is 14.2 Å². The number of ether oxygens (including phenoxy) is 3. The Morgan fingerprint density at radius 1 is 1.29 bits per heavy atom. The largest absolute Gasteiger partial charge is 0.497 e. The molecule has 1 aliphatic carbocycles. The summed E-state index contributed by atoms with van der Waals surface area (Å²) in [7, 11) is 5.52. The zero-order chi connectivity index (χ0) is 14.9. The molecule has 1 aromatic carbocycles. The van der Waals surface area contributed by atoms with Crippen LogP contribution in [0.4, 0.5) is 0 Å². The third kappa shape index (κ3) is 2.74. The predicted molar refractivity (Wildman–Crippen MR) is 82.0 cm³/mol. The van der Waals surface area contributed by atoms with Crippen molar-refractivity contribution in [2.24, 2.45) is 0 Å². The van der Waals surface area contributed by atoms with E-state index in [1.54, 1.807) is 14.2 Å². The van der Waals surface area contributed by atoms with Crippen LogP contribution < -0.4 is 14.8 Å². The molecular weight excluding hydrogens is 266 g/mol. The van der Waals surface area contributed by atoms with Crippen LogP contribution in [0.5, 0.6) is 11.5 Å². The maximum Gasteiger partial charge on any atom is 0.128 e. The lowest BCUT2D eigenvalue weighted by Crippen LogP contribution is -2.48. The van der Waals surface area contributed by atoms with E-state index in [4.69, 9.17) is 14.2 Å². The van der Waals surface area contributed by atoms with E-state index >= 15 is 0 Å². The average molecular weight is 291 g/mol. The summed E-state index contributed by atoms with van der Waals surface area (Å²) in [6.45, 7) is 0. The molecule has 3 rings (SSSR count). The maximum atomic E-state index is 6.47. The van der Waals surface area contributed by atoms with Crippen molar-refractivity contribution >= 4 is 0 Å². The normalized spacial score (nSPS) is 31.6. The lowest BCUT2D eigenvalue weighted by atomic mass is 9.76. The van der Waals surface area contributed by atoms with Crippen LogP contribution in [0.3, 0.4) is 0 Å². The minimum Gasteiger partial charge on any atom is -0.497 e. The topological polar surface area (TPSA) is 39.7 Å². The molecule has 1 aliphatic heterocycles. The van der Waals surface area contributed by atoms with Crippen LogP contribution in [0.25, 0.3) is 0 Å². The lowest BCUT2D eigenvalue weighted by molar-refractivity contribution is -0.0598.